The molecule has 0 radical (unpaired) electrons. The number of nitrogen functional groups attached to an aromatic ring is 1. The van der Waals surface area contributed by atoms with Gasteiger partial charge in [0.2, 0.25) is 4.77 Å². The summed E-state index contributed by atoms with van der Waals surface area (Å²) in [5.74, 6) is 0.396. The molecule has 1 fully saturated rings. The van der Waals surface area contributed by atoms with Gasteiger partial charge in [-0.3, -0.25) is 4.57 Å². The Morgan fingerprint density at radius 2 is 2.09 bits per heavy atom. The number of anilines is 1. The number of ether oxygens (including phenoxy) is 1. The van der Waals surface area contributed by atoms with Gasteiger partial charge in [-0.2, -0.15) is 0 Å². The molecule has 0 amide bonds. The summed E-state index contributed by atoms with van der Waals surface area (Å²) >= 11 is 5.26. The van der Waals surface area contributed by atoms with Crippen LogP contribution in [-0.4, -0.2) is 38.6 Å². The number of aliphatic hydroxyl groups is 2. The van der Waals surface area contributed by atoms with Crippen LogP contribution in [0.5, 0.6) is 0 Å². The van der Waals surface area contributed by atoms with E-state index in [1.54, 1.807) is 4.57 Å². The number of aromatic nitrogens is 2. The van der Waals surface area contributed by atoms with Crippen LogP contribution < -0.4 is 5.73 Å². The lowest BCUT2D eigenvalue weighted by Crippen LogP contribution is -2.24. The van der Waals surface area contributed by atoms with Crippen LogP contribution in [0, 0.1) is 4.77 Å². The molecule has 0 aliphatic carbocycles. The molecule has 7 heteroatoms. The lowest BCUT2D eigenvalue weighted by molar-refractivity contribution is -0.0453. The van der Waals surface area contributed by atoms with Crippen LogP contribution in [0.25, 0.3) is 0 Å². The van der Waals surface area contributed by atoms with E-state index >= 15 is 0 Å². The Hall–Kier alpha value is -1.80. The van der Waals surface area contributed by atoms with E-state index in [0.717, 1.165) is 11.1 Å². The first-order valence-electron chi connectivity index (χ1n) is 7.44. The minimum absolute atomic E-state index is 0.232. The van der Waals surface area contributed by atoms with E-state index in [1.807, 2.05) is 36.5 Å². The highest BCUT2D eigenvalue weighted by molar-refractivity contribution is 7.71. The van der Waals surface area contributed by atoms with Gasteiger partial charge in [0, 0.05) is 24.6 Å². The predicted octanol–water partition coefficient (Wildman–Crippen LogP) is 1.43. The Morgan fingerprint density at radius 3 is 2.74 bits per heavy atom. The first-order valence-corrected chi connectivity index (χ1v) is 7.85. The third kappa shape index (κ3) is 3.42. The number of aliphatic hydroxyl groups excluding tert-OH is 2. The zero-order chi connectivity index (χ0) is 16.4. The number of nitrogens with two attached hydrogens (primary N) is 1. The van der Waals surface area contributed by atoms with Crippen molar-refractivity contribution in [2.24, 2.45) is 0 Å². The van der Waals surface area contributed by atoms with Gasteiger partial charge >= 0.3 is 0 Å². The van der Waals surface area contributed by atoms with Gasteiger partial charge in [0.15, 0.2) is 0 Å². The van der Waals surface area contributed by atoms with Crippen molar-refractivity contribution in [2.75, 3.05) is 12.3 Å². The number of benzene rings is 1. The Bertz CT molecular complexity index is 735. The zero-order valence-corrected chi connectivity index (χ0v) is 13.3. The highest BCUT2D eigenvalue weighted by Crippen LogP contribution is 2.29. The Labute approximate surface area is 139 Å². The standard InChI is InChI=1S/C16H19N3O3S/c17-15-11(6-10-4-2-1-3-5-10)8-19(16(23)18-15)14-7-12(21)13(9-20)22-14/h1-5,8,12-14,20-21H,6-7,9H2,(H2,17,18,23)/t12-,13+,14+/m1/s1. The molecule has 2 heterocycles. The largest absolute Gasteiger partial charge is 0.394 e. The second-order valence-electron chi connectivity index (χ2n) is 5.62. The molecule has 1 saturated heterocycles. The van der Waals surface area contributed by atoms with E-state index in [4.69, 9.17) is 22.7 Å². The highest BCUT2D eigenvalue weighted by atomic mass is 32.1. The average molecular weight is 333 g/mol. The van der Waals surface area contributed by atoms with Crippen LogP contribution >= 0.6 is 12.2 Å². The summed E-state index contributed by atoms with van der Waals surface area (Å²) in [4.78, 5) is 4.22. The van der Waals surface area contributed by atoms with E-state index in [0.29, 0.717) is 23.4 Å². The quantitative estimate of drug-likeness (QED) is 0.733. The molecule has 0 bridgehead atoms. The lowest BCUT2D eigenvalue weighted by Gasteiger charge is -2.17. The minimum atomic E-state index is -0.720. The maximum absolute atomic E-state index is 9.89. The normalized spacial score (nSPS) is 24.0. The van der Waals surface area contributed by atoms with Crippen LogP contribution in [0.15, 0.2) is 36.5 Å². The van der Waals surface area contributed by atoms with Crippen molar-refractivity contribution >= 4 is 18.0 Å². The van der Waals surface area contributed by atoms with Crippen molar-refractivity contribution in [1.82, 2.24) is 9.55 Å². The summed E-state index contributed by atoms with van der Waals surface area (Å²) in [6, 6.07) is 9.93. The Morgan fingerprint density at radius 1 is 1.35 bits per heavy atom. The van der Waals surface area contributed by atoms with E-state index < -0.39 is 18.4 Å². The van der Waals surface area contributed by atoms with Gasteiger partial charge in [-0.15, -0.1) is 0 Å². The second-order valence-corrected chi connectivity index (χ2v) is 5.98. The van der Waals surface area contributed by atoms with Crippen LogP contribution in [0.3, 0.4) is 0 Å². The van der Waals surface area contributed by atoms with Gasteiger partial charge in [0.25, 0.3) is 0 Å². The van der Waals surface area contributed by atoms with Gasteiger partial charge in [-0.05, 0) is 17.8 Å². The molecule has 23 heavy (non-hydrogen) atoms. The van der Waals surface area contributed by atoms with Gasteiger partial charge in [0.05, 0.1) is 12.7 Å². The zero-order valence-electron chi connectivity index (χ0n) is 12.5. The summed E-state index contributed by atoms with van der Waals surface area (Å²) in [5.41, 5.74) is 7.96. The van der Waals surface area contributed by atoms with Crippen LogP contribution in [0.2, 0.25) is 0 Å². The number of rotatable bonds is 4. The maximum Gasteiger partial charge on any atom is 0.203 e. The fraction of sp³-hybridized carbons (Fsp3) is 0.375. The summed E-state index contributed by atoms with van der Waals surface area (Å²) in [5, 5.41) is 19.1. The molecule has 1 aliphatic heterocycles. The summed E-state index contributed by atoms with van der Waals surface area (Å²) in [7, 11) is 0. The fourth-order valence-corrected chi connectivity index (χ4v) is 3.00. The van der Waals surface area contributed by atoms with E-state index in [-0.39, 0.29) is 6.61 Å². The van der Waals surface area contributed by atoms with Crippen molar-refractivity contribution in [3.05, 3.63) is 52.4 Å². The molecule has 1 aromatic heterocycles. The molecule has 0 unspecified atom stereocenters. The van der Waals surface area contributed by atoms with Crippen LogP contribution in [0.4, 0.5) is 5.82 Å². The van der Waals surface area contributed by atoms with Crippen molar-refractivity contribution < 1.29 is 14.9 Å². The van der Waals surface area contributed by atoms with Gasteiger partial charge in [0.1, 0.15) is 18.1 Å². The summed E-state index contributed by atoms with van der Waals surface area (Å²) < 4.78 is 7.65. The first-order chi connectivity index (χ1) is 11.1. The molecule has 3 rings (SSSR count). The van der Waals surface area contributed by atoms with Crippen LogP contribution in [-0.2, 0) is 11.2 Å². The molecule has 2 aromatic rings. The molecule has 4 N–H and O–H groups in total. The first kappa shape index (κ1) is 16.1. The molecule has 1 aliphatic rings. The summed E-state index contributed by atoms with van der Waals surface area (Å²) in [6.07, 6.45) is 1.05. The molecule has 3 atom stereocenters. The van der Waals surface area contributed by atoms with Crippen molar-refractivity contribution in [3.8, 4) is 0 Å². The topological polar surface area (TPSA) is 93.5 Å². The molecular formula is C16H19N3O3S. The van der Waals surface area contributed by atoms with E-state index in [2.05, 4.69) is 4.98 Å². The Balaban J connectivity index is 1.90. The molecule has 0 saturated carbocycles. The minimum Gasteiger partial charge on any atom is -0.394 e. The predicted molar refractivity (Wildman–Crippen MR) is 88.3 cm³/mol. The van der Waals surface area contributed by atoms with E-state index in [9.17, 15) is 10.2 Å². The lowest BCUT2D eigenvalue weighted by atomic mass is 10.1. The highest BCUT2D eigenvalue weighted by Gasteiger charge is 2.34. The monoisotopic (exact) mass is 333 g/mol. The van der Waals surface area contributed by atoms with Gasteiger partial charge in [-0.1, -0.05) is 30.3 Å². The van der Waals surface area contributed by atoms with Crippen molar-refractivity contribution in [1.29, 1.82) is 0 Å². The smallest absolute Gasteiger partial charge is 0.203 e. The maximum atomic E-state index is 9.89. The number of nitrogens with zero attached hydrogens (tertiary/aromatic N) is 2. The molecule has 1 aromatic carbocycles. The SMILES string of the molecule is Nc1nc(=S)n([C@@H]2C[C@@H](O)[C@H](CO)O2)cc1Cc1ccccc1. The van der Waals surface area contributed by atoms with E-state index in [1.165, 1.54) is 0 Å². The van der Waals surface area contributed by atoms with Gasteiger partial charge < -0.3 is 20.7 Å². The molecule has 0 spiro atoms. The second kappa shape index (κ2) is 6.76. The molecule has 122 valence electrons. The third-order valence-electron chi connectivity index (χ3n) is 3.99. The van der Waals surface area contributed by atoms with Gasteiger partial charge in [-0.25, -0.2) is 4.98 Å². The Kier molecular flexibility index (Phi) is 4.72. The van der Waals surface area contributed by atoms with Crippen LogP contribution in [0.1, 0.15) is 23.8 Å². The summed E-state index contributed by atoms with van der Waals surface area (Å²) in [6.45, 7) is -0.232. The number of hydrogen-bond acceptors (Lipinski definition) is 6. The van der Waals surface area contributed by atoms with Crippen molar-refractivity contribution in [3.63, 3.8) is 0 Å². The molecule has 6 nitrogen and oxygen atoms in total. The van der Waals surface area contributed by atoms with Crippen molar-refractivity contribution in [2.45, 2.75) is 31.3 Å². The average Bonchev–Trinajstić information content (AvgIpc) is 2.91. The number of hydrogen-bond donors (Lipinski definition) is 3. The fourth-order valence-electron chi connectivity index (χ4n) is 2.73. The molecular weight excluding hydrogens is 314 g/mol. The third-order valence-corrected chi connectivity index (χ3v) is 4.29.